The quantitative estimate of drug-likeness (QED) is 0.0306. The van der Waals surface area contributed by atoms with Gasteiger partial charge in [0.25, 0.3) is 0 Å². The Bertz CT molecular complexity index is 4010. The number of carboxylic acid groups (broad SMARTS) is 12. The zero-order valence-corrected chi connectivity index (χ0v) is 71.5. The fourth-order valence-corrected chi connectivity index (χ4v) is 13.0. The Morgan fingerprint density at radius 3 is 0.760 bits per heavy atom. The zero-order valence-electron chi connectivity index (χ0n) is 71.5. The highest BCUT2D eigenvalue weighted by Crippen LogP contribution is 2.17. The zero-order chi connectivity index (χ0) is 96.9. The molecule has 7 amide bonds. The minimum Gasteiger partial charge on any atom is -0.480 e. The molecule has 6 unspecified atom stereocenters. The lowest BCUT2D eigenvalue weighted by atomic mass is 10.0. The Kier molecular flexibility index (Phi) is 57.8. The van der Waals surface area contributed by atoms with Crippen molar-refractivity contribution in [1.29, 1.82) is 0 Å². The molecular weight excluding hydrogens is 1710 g/mol. The summed E-state index contributed by atoms with van der Waals surface area (Å²) >= 11 is 0. The van der Waals surface area contributed by atoms with E-state index in [1.54, 1.807) is 48.5 Å². The van der Waals surface area contributed by atoms with Crippen molar-refractivity contribution < 1.29 is 172 Å². The second-order valence-electron chi connectivity index (χ2n) is 30.1. The number of rotatable bonds is 75. The first-order valence-electron chi connectivity index (χ1n) is 41.7. The Hall–Kier alpha value is -13.1. The molecule has 6 atom stereocenters. The highest BCUT2D eigenvalue weighted by atomic mass is 16.4. The molecular formula is C83H119N11O35. The summed E-state index contributed by atoms with van der Waals surface area (Å²) in [6.45, 7) is -6.13. The van der Waals surface area contributed by atoms with Crippen LogP contribution in [0.3, 0.4) is 0 Å². The van der Waals surface area contributed by atoms with Crippen LogP contribution in [0, 0.1) is 0 Å². The maximum Gasteiger partial charge on any atom is 0.320 e. The van der Waals surface area contributed by atoms with E-state index in [0.29, 0.717) is 62.5 Å². The van der Waals surface area contributed by atoms with Crippen LogP contribution in [-0.2, 0) is 114 Å². The first kappa shape index (κ1) is 114. The molecule has 0 radical (unpaired) electrons. The van der Waals surface area contributed by atoms with Crippen molar-refractivity contribution in [3.8, 4) is 0 Å². The number of ketones is 2. The predicted molar refractivity (Wildman–Crippen MR) is 448 cm³/mol. The van der Waals surface area contributed by atoms with Gasteiger partial charge in [-0.2, -0.15) is 0 Å². The van der Waals surface area contributed by atoms with E-state index >= 15 is 0 Å². The lowest BCUT2D eigenvalue weighted by Gasteiger charge is -2.25. The lowest BCUT2D eigenvalue weighted by Crippen LogP contribution is -2.48. The standard InChI is InChI=1S/C45H66N6O18.C38H53N5O17/c52-29-31-14-12-30(13-15-31)16-17-32(53)18-20-36(54)46-22-6-2-1-3-11-38(56)49-33(43(65)48-24-8-5-10-35(45(68)69)51(27-41(61)62)28-42(63)64)19-21-37(55)47-23-7-4-9-34(44(66)67)50(25-39(57)58)26-40(59)60;44-23-25-9-7-24(8-10-25)11-12-26(45)13-15-31(47)41-27(36(56)40-18-4-2-6-29(38(59)60)43(21-34(52)53)22-35(54)55)14-16-30(46)39-17-3-1-5-28(37(57)58)42(19-32(48)49)20-33(50)51/h12-15,29,33-35H,1-11,16-28H2,(H,46,54)(H,47,55)(H,48,65)(H,49,56)(H,57,58)(H,59,60)(H,61,62)(H,63,64)(H,66,67)(H,68,69);7-10,23,27-29H,1-6,11-22H2,(H,39,46)(H,40,56)(H,41,47)(H,48,49)(H,50,51)(H,52,53)(H,54,55)(H,57,58)(H,59,60). The number of nitrogens with one attached hydrogen (secondary N) is 7. The number of carbonyl (C=O) groups is 23. The average molecular weight is 1830 g/mol. The van der Waals surface area contributed by atoms with Gasteiger partial charge < -0.3 is 98.5 Å². The van der Waals surface area contributed by atoms with Crippen LogP contribution in [-0.4, -0.2) is 339 Å². The molecule has 2 aromatic carbocycles. The van der Waals surface area contributed by atoms with Gasteiger partial charge in [-0.1, -0.05) is 61.4 Å². The smallest absolute Gasteiger partial charge is 0.320 e. The molecule has 0 spiro atoms. The SMILES string of the molecule is O=Cc1ccc(CCC(=O)CCC(=O)NC(CCC(=O)NCCCCC(C(=O)O)N(CC(=O)O)CC(=O)O)C(=O)NCCCCC(C(=O)O)N(CC(=O)O)CC(=O)O)cc1.O=Cc1ccc(CCC(=O)CCC(=O)NCCCCCCC(=O)NC(CCC(=O)NCCCCC(C(=O)O)N(CC(=O)O)CC(=O)O)C(=O)NCCCCC(C(=O)O)N(CC(=O)O)CC(=O)O)cc1. The molecule has 2 rings (SSSR count). The first-order chi connectivity index (χ1) is 61.0. The molecule has 0 aliphatic carbocycles. The van der Waals surface area contributed by atoms with Crippen LogP contribution in [0.15, 0.2) is 48.5 Å². The van der Waals surface area contributed by atoms with Gasteiger partial charge in [-0.25, -0.2) is 0 Å². The van der Waals surface area contributed by atoms with E-state index in [1.165, 1.54) is 0 Å². The number of carbonyl (C=O) groups excluding carboxylic acids is 11. The highest BCUT2D eigenvalue weighted by Gasteiger charge is 2.34. The molecule has 0 heterocycles. The minimum atomic E-state index is -1.44. The Morgan fingerprint density at radius 1 is 0.256 bits per heavy atom. The van der Waals surface area contributed by atoms with E-state index in [2.05, 4.69) is 37.2 Å². The van der Waals surface area contributed by atoms with Crippen molar-refractivity contribution in [3.63, 3.8) is 0 Å². The number of aldehydes is 2. The summed E-state index contributed by atoms with van der Waals surface area (Å²) in [5.74, 6) is -21.1. The molecule has 46 heteroatoms. The van der Waals surface area contributed by atoms with Gasteiger partial charge >= 0.3 is 71.6 Å². The summed E-state index contributed by atoms with van der Waals surface area (Å²) in [4.78, 5) is 276. The molecule has 19 N–H and O–H groups in total. The Balaban J connectivity index is 0.00000130. The number of benzene rings is 2. The van der Waals surface area contributed by atoms with E-state index < -0.39 is 196 Å². The van der Waals surface area contributed by atoms with Gasteiger partial charge in [0.1, 0.15) is 60.4 Å². The number of nitrogens with zero attached hydrogens (tertiary/aromatic N) is 4. The number of unbranched alkanes of at least 4 members (excludes halogenated alkanes) is 7. The molecule has 0 bridgehead atoms. The molecule has 129 heavy (non-hydrogen) atoms. The summed E-state index contributed by atoms with van der Waals surface area (Å²) < 4.78 is 0. The van der Waals surface area contributed by atoms with Gasteiger partial charge in [-0.3, -0.25) is 130 Å². The summed E-state index contributed by atoms with van der Waals surface area (Å²) in [6.07, 6.45) is 4.84. The molecule has 0 aliphatic heterocycles. The topological polar surface area (TPSA) is 733 Å². The van der Waals surface area contributed by atoms with Crippen LogP contribution in [0.1, 0.15) is 205 Å². The second kappa shape index (κ2) is 65.5. The average Bonchev–Trinajstić information content (AvgIpc) is 1.01. The second-order valence-corrected chi connectivity index (χ2v) is 30.1. The van der Waals surface area contributed by atoms with Crippen LogP contribution < -0.4 is 37.2 Å². The molecule has 46 nitrogen and oxygen atoms in total. The maximum absolute atomic E-state index is 13.3. The number of hydrogen-bond donors (Lipinski definition) is 19. The third kappa shape index (κ3) is 55.2. The van der Waals surface area contributed by atoms with E-state index in [0.717, 1.165) is 37.0 Å². The van der Waals surface area contributed by atoms with Gasteiger partial charge in [0.15, 0.2) is 0 Å². The van der Waals surface area contributed by atoms with E-state index in [9.17, 15) is 131 Å². The summed E-state index contributed by atoms with van der Waals surface area (Å²) in [5.41, 5.74) is 2.74. The van der Waals surface area contributed by atoms with Gasteiger partial charge in [0, 0.05) is 102 Å². The van der Waals surface area contributed by atoms with Gasteiger partial charge in [0.2, 0.25) is 41.4 Å². The third-order valence-corrected chi connectivity index (χ3v) is 19.6. The molecule has 0 saturated carbocycles. The van der Waals surface area contributed by atoms with Crippen molar-refractivity contribution in [1.82, 2.24) is 56.8 Å². The number of aryl methyl sites for hydroxylation is 2. The van der Waals surface area contributed by atoms with Crippen LogP contribution in [0.4, 0.5) is 0 Å². The number of aliphatic carboxylic acids is 12. The van der Waals surface area contributed by atoms with Crippen molar-refractivity contribution in [2.24, 2.45) is 0 Å². The molecule has 0 saturated heterocycles. The highest BCUT2D eigenvalue weighted by molar-refractivity contribution is 5.92. The maximum atomic E-state index is 13.3. The fourth-order valence-electron chi connectivity index (χ4n) is 13.0. The molecule has 716 valence electrons. The molecule has 2 aromatic rings. The van der Waals surface area contributed by atoms with E-state index in [4.69, 9.17) is 40.9 Å². The van der Waals surface area contributed by atoms with Crippen molar-refractivity contribution in [2.75, 3.05) is 85.1 Å². The minimum absolute atomic E-state index is 0.0126. The van der Waals surface area contributed by atoms with Crippen molar-refractivity contribution in [3.05, 3.63) is 70.8 Å². The van der Waals surface area contributed by atoms with Crippen LogP contribution in [0.25, 0.3) is 0 Å². The van der Waals surface area contributed by atoms with E-state index in [1.807, 2.05) is 0 Å². The fraction of sp³-hybridized carbons (Fsp3) is 0.578. The monoisotopic (exact) mass is 1830 g/mol. The van der Waals surface area contributed by atoms with Gasteiger partial charge in [-0.15, -0.1) is 0 Å². The third-order valence-electron chi connectivity index (χ3n) is 19.6. The normalized spacial score (nSPS) is 12.3. The lowest BCUT2D eigenvalue weighted by molar-refractivity contribution is -0.152. The van der Waals surface area contributed by atoms with Crippen LogP contribution in [0.5, 0.6) is 0 Å². The number of carboxylic acids is 12. The van der Waals surface area contributed by atoms with E-state index in [-0.39, 0.29) is 191 Å². The summed E-state index contributed by atoms with van der Waals surface area (Å²) in [6, 6.07) is 5.42. The Morgan fingerprint density at radius 2 is 0.496 bits per heavy atom. The first-order valence-corrected chi connectivity index (χ1v) is 41.7. The van der Waals surface area contributed by atoms with Crippen LogP contribution in [0.2, 0.25) is 0 Å². The largest absolute Gasteiger partial charge is 0.480 e. The molecule has 0 aliphatic rings. The predicted octanol–water partition coefficient (Wildman–Crippen LogP) is 0.00230. The number of amides is 7. The molecule has 0 fully saturated rings. The van der Waals surface area contributed by atoms with Gasteiger partial charge in [-0.05, 0) is 127 Å². The molecule has 0 aromatic heterocycles. The number of hydrogen-bond acceptors (Lipinski definition) is 27. The van der Waals surface area contributed by atoms with Gasteiger partial charge in [0.05, 0.1) is 52.4 Å². The van der Waals surface area contributed by atoms with Crippen LogP contribution >= 0.6 is 0 Å². The van der Waals surface area contributed by atoms with Crippen molar-refractivity contribution in [2.45, 2.75) is 222 Å². The number of Topliss-reactive ketones (excluding diaryl/α,β-unsaturated/α-hetero) is 2. The van der Waals surface area contributed by atoms with Crippen molar-refractivity contribution >= 4 is 137 Å². The summed E-state index contributed by atoms with van der Waals surface area (Å²) in [7, 11) is 0. The summed E-state index contributed by atoms with van der Waals surface area (Å²) in [5, 5.41) is 129. The Labute approximate surface area is 741 Å².